The average molecular weight is 467 g/mol. The van der Waals surface area contributed by atoms with Gasteiger partial charge in [-0.05, 0) is 42.5 Å². The van der Waals surface area contributed by atoms with Gasteiger partial charge >= 0.3 is 0 Å². The van der Waals surface area contributed by atoms with Gasteiger partial charge in [-0.15, -0.1) is 0 Å². The van der Waals surface area contributed by atoms with Gasteiger partial charge in [-0.25, -0.2) is 14.6 Å². The van der Waals surface area contributed by atoms with E-state index in [1.807, 2.05) is 42.5 Å². The fourth-order valence-electron chi connectivity index (χ4n) is 3.42. The molecule has 3 aromatic carbocycles. The lowest BCUT2D eigenvalue weighted by atomic mass is 10.1. The van der Waals surface area contributed by atoms with Crippen LogP contribution < -0.4 is 10.1 Å². The molecule has 0 aliphatic heterocycles. The topological polar surface area (TPSA) is 138 Å². The zero-order valence-corrected chi connectivity index (χ0v) is 18.1. The Morgan fingerprint density at radius 3 is 2.63 bits per heavy atom. The van der Waals surface area contributed by atoms with Crippen LogP contribution in [-0.4, -0.2) is 42.2 Å². The second-order valence-corrected chi connectivity index (χ2v) is 7.40. The molecule has 1 N–H and O–H groups in total. The van der Waals surface area contributed by atoms with E-state index in [2.05, 4.69) is 25.4 Å². The number of hydrogen-bond donors (Lipinski definition) is 1. The minimum atomic E-state index is -0.529. The third-order valence-electron chi connectivity index (χ3n) is 5.06. The number of amides is 1. The Balaban J connectivity index is 1.37. The van der Waals surface area contributed by atoms with Crippen molar-refractivity contribution in [2.45, 2.75) is 0 Å². The summed E-state index contributed by atoms with van der Waals surface area (Å²) in [5.74, 6) is 0.204. The molecule has 2 aromatic heterocycles. The van der Waals surface area contributed by atoms with Gasteiger partial charge in [0.25, 0.3) is 11.6 Å². The standard InChI is InChI=1S/C24H17N7O4/c32-22(27-17-4-3-5-19(12-17)31(33)34)13-35-24-20-6-1-2-7-21(20)28-23(29-24)16-8-10-18(11-9-16)30-15-25-14-26-30/h1-12,14-15H,13H2,(H,27,32). The molecule has 0 fully saturated rings. The molecule has 0 spiro atoms. The van der Waals surface area contributed by atoms with Gasteiger partial charge in [0.15, 0.2) is 12.4 Å². The van der Waals surface area contributed by atoms with Crippen LogP contribution in [0, 0.1) is 10.1 Å². The van der Waals surface area contributed by atoms with Crippen LogP contribution in [0.4, 0.5) is 11.4 Å². The number of non-ortho nitro benzene ring substituents is 1. The number of ether oxygens (including phenoxy) is 1. The van der Waals surface area contributed by atoms with E-state index in [4.69, 9.17) is 4.74 Å². The van der Waals surface area contributed by atoms with E-state index in [0.717, 1.165) is 11.3 Å². The normalized spacial score (nSPS) is 10.7. The minimum absolute atomic E-state index is 0.120. The SMILES string of the molecule is O=C(COc1nc(-c2ccc(-n3cncn3)cc2)nc2ccccc12)Nc1cccc([N+](=O)[O-])c1. The number of hydrogen-bond acceptors (Lipinski definition) is 8. The van der Waals surface area contributed by atoms with Crippen LogP contribution in [0.5, 0.6) is 5.88 Å². The van der Waals surface area contributed by atoms with E-state index >= 15 is 0 Å². The summed E-state index contributed by atoms with van der Waals surface area (Å²) in [6.45, 7) is -0.339. The van der Waals surface area contributed by atoms with Gasteiger partial charge in [0, 0.05) is 23.4 Å². The lowest BCUT2D eigenvalue weighted by Gasteiger charge is -2.11. The molecule has 11 nitrogen and oxygen atoms in total. The van der Waals surface area contributed by atoms with Crippen molar-refractivity contribution in [3.05, 3.63) is 95.6 Å². The van der Waals surface area contributed by atoms with Crippen LogP contribution in [0.25, 0.3) is 28.0 Å². The van der Waals surface area contributed by atoms with E-state index in [-0.39, 0.29) is 18.2 Å². The van der Waals surface area contributed by atoms with E-state index < -0.39 is 10.8 Å². The summed E-state index contributed by atoms with van der Waals surface area (Å²) < 4.78 is 7.39. The second kappa shape index (κ2) is 9.35. The highest BCUT2D eigenvalue weighted by Gasteiger charge is 2.14. The van der Waals surface area contributed by atoms with E-state index in [0.29, 0.717) is 22.4 Å². The van der Waals surface area contributed by atoms with Crippen molar-refractivity contribution in [1.29, 1.82) is 0 Å². The molecule has 0 atom stereocenters. The molecule has 0 saturated heterocycles. The maximum absolute atomic E-state index is 12.4. The predicted molar refractivity (Wildman–Crippen MR) is 127 cm³/mol. The lowest BCUT2D eigenvalue weighted by molar-refractivity contribution is -0.384. The Kier molecular flexibility index (Phi) is 5.78. The molecule has 5 rings (SSSR count). The molecule has 11 heteroatoms. The van der Waals surface area contributed by atoms with Crippen LogP contribution >= 0.6 is 0 Å². The highest BCUT2D eigenvalue weighted by atomic mass is 16.6. The number of nitro benzene ring substituents is 1. The Morgan fingerprint density at radius 2 is 1.86 bits per heavy atom. The van der Waals surface area contributed by atoms with Crippen molar-refractivity contribution < 1.29 is 14.5 Å². The molecule has 0 radical (unpaired) electrons. The van der Waals surface area contributed by atoms with Crippen molar-refractivity contribution in [3.8, 4) is 23.0 Å². The second-order valence-electron chi connectivity index (χ2n) is 7.40. The van der Waals surface area contributed by atoms with Gasteiger partial charge in [-0.3, -0.25) is 14.9 Å². The van der Waals surface area contributed by atoms with E-state index in [9.17, 15) is 14.9 Å². The van der Waals surface area contributed by atoms with Crippen molar-refractivity contribution in [3.63, 3.8) is 0 Å². The van der Waals surface area contributed by atoms with Gasteiger partial charge in [0.05, 0.1) is 21.5 Å². The molecule has 1 amide bonds. The Morgan fingerprint density at radius 1 is 1.03 bits per heavy atom. The Hall–Kier alpha value is -5.19. The van der Waals surface area contributed by atoms with Crippen LogP contribution in [0.15, 0.2) is 85.5 Å². The largest absolute Gasteiger partial charge is 0.467 e. The number of para-hydroxylation sites is 1. The van der Waals surface area contributed by atoms with Gasteiger partial charge in [0.1, 0.15) is 12.7 Å². The molecule has 172 valence electrons. The fourth-order valence-corrected chi connectivity index (χ4v) is 3.42. The number of nitro groups is 1. The summed E-state index contributed by atoms with van der Waals surface area (Å²) in [5.41, 5.74) is 2.43. The lowest BCUT2D eigenvalue weighted by Crippen LogP contribution is -2.20. The quantitative estimate of drug-likeness (QED) is 0.282. The molecular formula is C24H17N7O4. The number of rotatable bonds is 7. The highest BCUT2D eigenvalue weighted by molar-refractivity contribution is 5.92. The first-order chi connectivity index (χ1) is 17.1. The maximum Gasteiger partial charge on any atom is 0.271 e. The number of nitrogens with one attached hydrogen (secondary N) is 1. The fraction of sp³-hybridized carbons (Fsp3) is 0.0417. The van der Waals surface area contributed by atoms with Gasteiger partial charge in [-0.2, -0.15) is 10.1 Å². The van der Waals surface area contributed by atoms with Crippen LogP contribution in [0.2, 0.25) is 0 Å². The summed E-state index contributed by atoms with van der Waals surface area (Å²) in [7, 11) is 0. The van der Waals surface area contributed by atoms with Crippen LogP contribution in [-0.2, 0) is 4.79 Å². The smallest absolute Gasteiger partial charge is 0.271 e. The first kappa shape index (κ1) is 21.6. The van der Waals surface area contributed by atoms with Crippen molar-refractivity contribution >= 4 is 28.2 Å². The summed E-state index contributed by atoms with van der Waals surface area (Å²) in [6, 6.07) is 20.5. The summed E-state index contributed by atoms with van der Waals surface area (Å²) in [6.07, 6.45) is 3.06. The molecule has 0 saturated carbocycles. The maximum atomic E-state index is 12.4. The van der Waals surface area contributed by atoms with Gasteiger partial charge in [0.2, 0.25) is 5.88 Å². The Bertz CT molecular complexity index is 1520. The van der Waals surface area contributed by atoms with Crippen molar-refractivity contribution in [1.82, 2.24) is 24.7 Å². The number of aromatic nitrogens is 5. The van der Waals surface area contributed by atoms with Gasteiger partial charge in [-0.1, -0.05) is 18.2 Å². The zero-order valence-electron chi connectivity index (χ0n) is 18.1. The average Bonchev–Trinajstić information content (AvgIpc) is 3.42. The molecule has 0 aliphatic carbocycles. The van der Waals surface area contributed by atoms with Gasteiger partial charge < -0.3 is 10.1 Å². The number of fused-ring (bicyclic) bond motifs is 1. The molecular weight excluding hydrogens is 450 g/mol. The van der Waals surface area contributed by atoms with Crippen LogP contribution in [0.3, 0.4) is 0 Å². The third kappa shape index (κ3) is 4.78. The molecule has 5 aromatic rings. The first-order valence-corrected chi connectivity index (χ1v) is 10.5. The summed E-state index contributed by atoms with van der Waals surface area (Å²) >= 11 is 0. The number of nitrogens with zero attached hydrogens (tertiary/aromatic N) is 6. The monoisotopic (exact) mass is 467 g/mol. The number of carbonyl (C=O) groups excluding carboxylic acids is 1. The van der Waals surface area contributed by atoms with E-state index in [1.165, 1.54) is 24.5 Å². The van der Waals surface area contributed by atoms with Crippen molar-refractivity contribution in [2.24, 2.45) is 0 Å². The van der Waals surface area contributed by atoms with Crippen LogP contribution in [0.1, 0.15) is 0 Å². The first-order valence-electron chi connectivity index (χ1n) is 10.5. The number of benzene rings is 3. The number of carbonyl (C=O) groups is 1. The zero-order chi connectivity index (χ0) is 24.2. The Labute approximate surface area is 198 Å². The molecule has 35 heavy (non-hydrogen) atoms. The number of anilines is 1. The molecule has 0 aliphatic rings. The predicted octanol–water partition coefficient (Wildman–Crippen LogP) is 3.80. The highest BCUT2D eigenvalue weighted by Crippen LogP contribution is 2.27. The summed E-state index contributed by atoms with van der Waals surface area (Å²) in [5, 5.41) is 18.3. The van der Waals surface area contributed by atoms with Crippen molar-refractivity contribution in [2.75, 3.05) is 11.9 Å². The molecule has 2 heterocycles. The molecule has 0 bridgehead atoms. The van der Waals surface area contributed by atoms with E-state index in [1.54, 1.807) is 23.1 Å². The molecule has 0 unspecified atom stereocenters. The third-order valence-corrected chi connectivity index (χ3v) is 5.06. The minimum Gasteiger partial charge on any atom is -0.467 e. The summed E-state index contributed by atoms with van der Waals surface area (Å²) in [4.78, 5) is 36.0.